The summed E-state index contributed by atoms with van der Waals surface area (Å²) in [6, 6.07) is 4.09. The summed E-state index contributed by atoms with van der Waals surface area (Å²) in [5, 5.41) is 7.33. The Morgan fingerprint density at radius 2 is 2.33 bits per heavy atom. The van der Waals surface area contributed by atoms with Gasteiger partial charge < -0.3 is 14.3 Å². The molecule has 0 saturated heterocycles. The SMILES string of the molecule is CCCNC(C)CCc1nc(-c2ccco2)no1. The minimum absolute atomic E-state index is 0.462. The minimum Gasteiger partial charge on any atom is -0.461 e. The number of hydrogen-bond donors (Lipinski definition) is 1. The Balaban J connectivity index is 1.84. The van der Waals surface area contributed by atoms with Gasteiger partial charge in [-0.1, -0.05) is 12.1 Å². The Morgan fingerprint density at radius 1 is 1.44 bits per heavy atom. The van der Waals surface area contributed by atoms with Gasteiger partial charge in [0.25, 0.3) is 0 Å². The second-order valence-electron chi connectivity index (χ2n) is 4.38. The van der Waals surface area contributed by atoms with Gasteiger partial charge in [0.1, 0.15) is 0 Å². The molecule has 0 aromatic carbocycles. The van der Waals surface area contributed by atoms with E-state index < -0.39 is 0 Å². The Hall–Kier alpha value is -1.62. The largest absolute Gasteiger partial charge is 0.461 e. The minimum atomic E-state index is 0.462. The van der Waals surface area contributed by atoms with Crippen molar-refractivity contribution >= 4 is 0 Å². The Bertz CT molecular complexity index is 451. The van der Waals surface area contributed by atoms with Crippen molar-refractivity contribution in [1.82, 2.24) is 15.5 Å². The Morgan fingerprint density at radius 3 is 3.06 bits per heavy atom. The van der Waals surface area contributed by atoms with E-state index in [1.165, 1.54) is 0 Å². The van der Waals surface area contributed by atoms with Gasteiger partial charge in [0, 0.05) is 12.5 Å². The third-order valence-electron chi connectivity index (χ3n) is 2.74. The summed E-state index contributed by atoms with van der Waals surface area (Å²) in [5.74, 6) is 1.82. The van der Waals surface area contributed by atoms with Crippen LogP contribution in [0.1, 0.15) is 32.6 Å². The first-order valence-electron chi connectivity index (χ1n) is 6.39. The van der Waals surface area contributed by atoms with Crippen molar-refractivity contribution in [3.05, 3.63) is 24.3 Å². The first-order valence-corrected chi connectivity index (χ1v) is 6.39. The van der Waals surface area contributed by atoms with Crippen LogP contribution in [-0.4, -0.2) is 22.7 Å². The second-order valence-corrected chi connectivity index (χ2v) is 4.38. The number of aryl methyl sites for hydroxylation is 1. The highest BCUT2D eigenvalue weighted by atomic mass is 16.5. The molecular formula is C13H19N3O2. The molecule has 0 radical (unpaired) electrons. The number of nitrogens with zero attached hydrogens (tertiary/aromatic N) is 2. The number of nitrogens with one attached hydrogen (secondary N) is 1. The van der Waals surface area contributed by atoms with Crippen molar-refractivity contribution < 1.29 is 8.94 Å². The molecule has 0 bridgehead atoms. The van der Waals surface area contributed by atoms with Crippen LogP contribution in [0.3, 0.4) is 0 Å². The van der Waals surface area contributed by atoms with Crippen LogP contribution >= 0.6 is 0 Å². The lowest BCUT2D eigenvalue weighted by atomic mass is 10.2. The predicted octanol–water partition coefficient (Wildman–Crippen LogP) is 2.65. The summed E-state index contributed by atoms with van der Waals surface area (Å²) in [5.41, 5.74) is 0. The van der Waals surface area contributed by atoms with Crippen LogP contribution in [0.2, 0.25) is 0 Å². The zero-order valence-corrected chi connectivity index (χ0v) is 10.8. The maximum absolute atomic E-state index is 5.21. The van der Waals surface area contributed by atoms with E-state index in [-0.39, 0.29) is 0 Å². The third kappa shape index (κ3) is 3.43. The number of furan rings is 1. The van der Waals surface area contributed by atoms with Crippen molar-refractivity contribution in [3.63, 3.8) is 0 Å². The van der Waals surface area contributed by atoms with Crippen LogP contribution in [0.5, 0.6) is 0 Å². The van der Waals surface area contributed by atoms with Crippen molar-refractivity contribution in [1.29, 1.82) is 0 Å². The summed E-state index contributed by atoms with van der Waals surface area (Å²) in [7, 11) is 0. The maximum Gasteiger partial charge on any atom is 0.238 e. The second kappa shape index (κ2) is 6.35. The Kier molecular flexibility index (Phi) is 4.52. The van der Waals surface area contributed by atoms with E-state index in [2.05, 4.69) is 29.3 Å². The number of hydrogen-bond acceptors (Lipinski definition) is 5. The summed E-state index contributed by atoms with van der Waals surface area (Å²) in [6.45, 7) is 5.37. The van der Waals surface area contributed by atoms with Crippen LogP contribution in [-0.2, 0) is 6.42 Å². The maximum atomic E-state index is 5.21. The summed E-state index contributed by atoms with van der Waals surface area (Å²) < 4.78 is 10.4. The zero-order chi connectivity index (χ0) is 12.8. The van der Waals surface area contributed by atoms with Gasteiger partial charge in [0.2, 0.25) is 11.7 Å². The highest BCUT2D eigenvalue weighted by molar-refractivity contribution is 5.44. The van der Waals surface area contributed by atoms with E-state index >= 15 is 0 Å². The quantitative estimate of drug-likeness (QED) is 0.817. The molecule has 1 unspecified atom stereocenters. The van der Waals surface area contributed by atoms with Crippen molar-refractivity contribution in [2.24, 2.45) is 0 Å². The Labute approximate surface area is 107 Å². The van der Waals surface area contributed by atoms with Gasteiger partial charge in [-0.05, 0) is 38.4 Å². The molecule has 2 rings (SSSR count). The molecule has 1 N–H and O–H groups in total. The fourth-order valence-corrected chi connectivity index (χ4v) is 1.70. The van der Waals surface area contributed by atoms with Gasteiger partial charge in [-0.15, -0.1) is 0 Å². The lowest BCUT2D eigenvalue weighted by molar-refractivity contribution is 0.366. The monoisotopic (exact) mass is 249 g/mol. The van der Waals surface area contributed by atoms with Crippen LogP contribution in [0.15, 0.2) is 27.3 Å². The predicted molar refractivity (Wildman–Crippen MR) is 68.1 cm³/mol. The molecule has 0 amide bonds. The van der Waals surface area contributed by atoms with E-state index in [1.807, 2.05) is 12.1 Å². The van der Waals surface area contributed by atoms with E-state index in [4.69, 9.17) is 8.94 Å². The van der Waals surface area contributed by atoms with Gasteiger partial charge in [0.05, 0.1) is 6.26 Å². The highest BCUT2D eigenvalue weighted by Gasteiger charge is 2.11. The average molecular weight is 249 g/mol. The summed E-state index contributed by atoms with van der Waals surface area (Å²) in [6.07, 6.45) is 4.51. The molecule has 2 aromatic heterocycles. The normalized spacial score (nSPS) is 12.8. The highest BCUT2D eigenvalue weighted by Crippen LogP contribution is 2.16. The molecule has 0 aliphatic carbocycles. The summed E-state index contributed by atoms with van der Waals surface area (Å²) >= 11 is 0. The molecule has 18 heavy (non-hydrogen) atoms. The molecule has 2 aromatic rings. The van der Waals surface area contributed by atoms with Crippen LogP contribution in [0.4, 0.5) is 0 Å². The molecule has 0 saturated carbocycles. The van der Waals surface area contributed by atoms with Crippen molar-refractivity contribution in [2.45, 2.75) is 39.2 Å². The van der Waals surface area contributed by atoms with Gasteiger partial charge in [-0.2, -0.15) is 4.98 Å². The fraction of sp³-hybridized carbons (Fsp3) is 0.538. The van der Waals surface area contributed by atoms with E-state index in [0.717, 1.165) is 25.8 Å². The lowest BCUT2D eigenvalue weighted by Crippen LogP contribution is -2.27. The fourth-order valence-electron chi connectivity index (χ4n) is 1.70. The van der Waals surface area contributed by atoms with Crippen molar-refractivity contribution in [3.8, 4) is 11.6 Å². The number of aromatic nitrogens is 2. The molecule has 0 fully saturated rings. The first kappa shape index (κ1) is 12.8. The molecule has 5 nitrogen and oxygen atoms in total. The van der Waals surface area contributed by atoms with Gasteiger partial charge >= 0.3 is 0 Å². The van der Waals surface area contributed by atoms with Gasteiger partial charge in [-0.3, -0.25) is 0 Å². The standard InChI is InChI=1S/C13H19N3O2/c1-3-8-14-10(2)6-7-12-15-13(16-18-12)11-5-4-9-17-11/h4-5,9-10,14H,3,6-8H2,1-2H3. The zero-order valence-electron chi connectivity index (χ0n) is 10.8. The van der Waals surface area contributed by atoms with Crippen LogP contribution < -0.4 is 5.32 Å². The number of rotatable bonds is 7. The van der Waals surface area contributed by atoms with E-state index in [9.17, 15) is 0 Å². The molecule has 5 heteroatoms. The topological polar surface area (TPSA) is 64.1 Å². The van der Waals surface area contributed by atoms with Crippen LogP contribution in [0.25, 0.3) is 11.6 Å². The first-order chi connectivity index (χ1) is 8.79. The van der Waals surface area contributed by atoms with E-state index in [0.29, 0.717) is 23.5 Å². The molecule has 1 atom stereocenters. The molecule has 0 aliphatic heterocycles. The third-order valence-corrected chi connectivity index (χ3v) is 2.74. The average Bonchev–Trinajstić information content (AvgIpc) is 3.03. The summed E-state index contributed by atoms with van der Waals surface area (Å²) in [4.78, 5) is 4.31. The molecule has 98 valence electrons. The van der Waals surface area contributed by atoms with Crippen molar-refractivity contribution in [2.75, 3.05) is 6.54 Å². The van der Waals surface area contributed by atoms with Gasteiger partial charge in [-0.25, -0.2) is 0 Å². The molecule has 2 heterocycles. The molecule has 0 aliphatic rings. The van der Waals surface area contributed by atoms with Crippen LogP contribution in [0, 0.1) is 0 Å². The molecule has 0 spiro atoms. The van der Waals surface area contributed by atoms with Gasteiger partial charge in [0.15, 0.2) is 5.76 Å². The lowest BCUT2D eigenvalue weighted by Gasteiger charge is -2.10. The van der Waals surface area contributed by atoms with E-state index in [1.54, 1.807) is 6.26 Å². The molecular weight excluding hydrogens is 230 g/mol. The smallest absolute Gasteiger partial charge is 0.238 e.